The number of aryl methyl sites for hydroxylation is 2. The second-order valence-corrected chi connectivity index (χ2v) is 8.00. The Bertz CT molecular complexity index is 1020. The predicted molar refractivity (Wildman–Crippen MR) is 113 cm³/mol. The molecule has 0 aliphatic heterocycles. The summed E-state index contributed by atoms with van der Waals surface area (Å²) >= 11 is 0. The Morgan fingerprint density at radius 1 is 1.16 bits per heavy atom. The minimum absolute atomic E-state index is 0.178. The number of nitrogens with one attached hydrogen (secondary N) is 1. The monoisotopic (exact) mass is 449 g/mol. The highest BCUT2D eigenvalue weighted by Gasteiger charge is 2.08. The van der Waals surface area contributed by atoms with Crippen LogP contribution in [0.2, 0.25) is 0 Å². The molecular weight excluding hydrogens is 422 g/mol. The molecule has 0 spiro atoms. The van der Waals surface area contributed by atoms with Crippen molar-refractivity contribution >= 4 is 27.7 Å². The molecule has 0 atom stereocenters. The lowest BCUT2D eigenvalue weighted by molar-refractivity contribution is -0.671. The molecular formula is C21H27N3O6S. The average Bonchev–Trinajstić information content (AvgIpc) is 2.71. The fourth-order valence-corrected chi connectivity index (χ4v) is 2.68. The maximum Gasteiger partial charge on any atom is 0.306 e. The number of pyridine rings is 1. The largest absolute Gasteiger partial charge is 0.744 e. The van der Waals surface area contributed by atoms with Gasteiger partial charge in [0.15, 0.2) is 12.4 Å². The molecule has 1 N–H and O–H groups in total. The van der Waals surface area contributed by atoms with Gasteiger partial charge in [-0.2, -0.15) is 5.10 Å². The van der Waals surface area contributed by atoms with Gasteiger partial charge in [0.25, 0.3) is 5.91 Å². The molecule has 0 saturated heterocycles. The van der Waals surface area contributed by atoms with Gasteiger partial charge in [-0.3, -0.25) is 9.59 Å². The predicted octanol–water partition coefficient (Wildman–Crippen LogP) is 1.86. The molecule has 0 bridgehead atoms. The van der Waals surface area contributed by atoms with E-state index in [1.165, 1.54) is 12.1 Å². The number of amides is 1. The Morgan fingerprint density at radius 2 is 1.81 bits per heavy atom. The number of nitrogens with zero attached hydrogens (tertiary/aromatic N) is 2. The summed E-state index contributed by atoms with van der Waals surface area (Å²) in [5.74, 6) is -0.542. The van der Waals surface area contributed by atoms with E-state index in [0.29, 0.717) is 24.3 Å². The van der Waals surface area contributed by atoms with Crippen LogP contribution < -0.4 is 9.99 Å². The molecule has 168 valence electrons. The van der Waals surface area contributed by atoms with E-state index in [-0.39, 0.29) is 23.2 Å². The van der Waals surface area contributed by atoms with Crippen LogP contribution in [0.25, 0.3) is 0 Å². The standard InChI is InChI=1S/C14H19N3O3.C7H8O3S/c1-4-20-13(18)8-7-11(2)15-16-14(19)12-6-5-9-17(3)10-12;1-6-2-4-7(5-3-6)11(8,9)10/h5-6,9-10H,4,7-8H2,1-3H3;2-5H,1H3,(H,8,9,10)/b15-11+;. The number of benzene rings is 1. The fraction of sp³-hybridized carbons (Fsp3) is 0.333. The highest BCUT2D eigenvalue weighted by atomic mass is 32.2. The summed E-state index contributed by atoms with van der Waals surface area (Å²) in [5, 5.41) is 3.96. The van der Waals surface area contributed by atoms with Gasteiger partial charge in [-0.05, 0) is 45.4 Å². The minimum Gasteiger partial charge on any atom is -0.744 e. The van der Waals surface area contributed by atoms with E-state index in [4.69, 9.17) is 4.74 Å². The molecule has 1 aromatic carbocycles. The third kappa shape index (κ3) is 10.5. The summed E-state index contributed by atoms with van der Waals surface area (Å²) in [4.78, 5) is 22.8. The topological polar surface area (TPSA) is 129 Å². The van der Waals surface area contributed by atoms with Crippen LogP contribution in [0, 0.1) is 6.92 Å². The van der Waals surface area contributed by atoms with Gasteiger partial charge in [-0.1, -0.05) is 17.7 Å². The van der Waals surface area contributed by atoms with Crippen LogP contribution in [-0.4, -0.2) is 37.2 Å². The maximum atomic E-state index is 11.8. The lowest BCUT2D eigenvalue weighted by Crippen LogP contribution is -2.30. The summed E-state index contributed by atoms with van der Waals surface area (Å²) in [7, 11) is -2.43. The van der Waals surface area contributed by atoms with Gasteiger partial charge in [0.05, 0.1) is 17.9 Å². The van der Waals surface area contributed by atoms with Gasteiger partial charge in [-0.15, -0.1) is 0 Å². The molecule has 2 rings (SSSR count). The molecule has 0 aliphatic rings. The quantitative estimate of drug-likeness (QED) is 0.226. The zero-order valence-corrected chi connectivity index (χ0v) is 18.8. The maximum absolute atomic E-state index is 11.8. The lowest BCUT2D eigenvalue weighted by atomic mass is 10.2. The highest BCUT2D eigenvalue weighted by molar-refractivity contribution is 7.85. The van der Waals surface area contributed by atoms with E-state index in [2.05, 4.69) is 10.5 Å². The van der Waals surface area contributed by atoms with Crippen LogP contribution in [0.5, 0.6) is 0 Å². The summed E-state index contributed by atoms with van der Waals surface area (Å²) < 4.78 is 37.8. The zero-order valence-electron chi connectivity index (χ0n) is 18.0. The van der Waals surface area contributed by atoms with Gasteiger partial charge < -0.3 is 9.29 Å². The minimum atomic E-state index is -4.27. The Hall–Kier alpha value is -3.11. The summed E-state index contributed by atoms with van der Waals surface area (Å²) in [6.07, 6.45) is 4.27. The number of ether oxygens (including phenoxy) is 1. The van der Waals surface area contributed by atoms with Gasteiger partial charge in [0.2, 0.25) is 0 Å². The molecule has 1 heterocycles. The van der Waals surface area contributed by atoms with Crippen LogP contribution in [0.4, 0.5) is 0 Å². The first-order chi connectivity index (χ1) is 14.5. The molecule has 1 aromatic heterocycles. The molecule has 2 aromatic rings. The van der Waals surface area contributed by atoms with Crippen molar-refractivity contribution in [2.75, 3.05) is 6.61 Å². The molecule has 0 unspecified atom stereocenters. The van der Waals surface area contributed by atoms with E-state index in [1.807, 2.05) is 20.2 Å². The van der Waals surface area contributed by atoms with E-state index in [1.54, 1.807) is 48.9 Å². The van der Waals surface area contributed by atoms with Gasteiger partial charge in [-0.25, -0.2) is 18.4 Å². The number of aromatic nitrogens is 1. The smallest absolute Gasteiger partial charge is 0.306 e. The van der Waals surface area contributed by atoms with Crippen LogP contribution in [0.3, 0.4) is 0 Å². The van der Waals surface area contributed by atoms with E-state index in [0.717, 1.165) is 5.56 Å². The molecule has 0 saturated carbocycles. The van der Waals surface area contributed by atoms with Gasteiger partial charge in [0, 0.05) is 11.8 Å². The lowest BCUT2D eigenvalue weighted by Gasteiger charge is -2.05. The van der Waals surface area contributed by atoms with Crippen LogP contribution in [0.15, 0.2) is 58.8 Å². The third-order valence-corrected chi connectivity index (χ3v) is 4.71. The van der Waals surface area contributed by atoms with Gasteiger partial charge in [0.1, 0.15) is 22.7 Å². The molecule has 0 radical (unpaired) electrons. The summed E-state index contributed by atoms with van der Waals surface area (Å²) in [6.45, 7) is 5.71. The van der Waals surface area contributed by atoms with Crippen molar-refractivity contribution in [1.29, 1.82) is 0 Å². The molecule has 0 aliphatic carbocycles. The van der Waals surface area contributed by atoms with E-state index >= 15 is 0 Å². The van der Waals surface area contributed by atoms with E-state index in [9.17, 15) is 22.6 Å². The van der Waals surface area contributed by atoms with Crippen molar-refractivity contribution in [2.45, 2.75) is 38.5 Å². The van der Waals surface area contributed by atoms with Crippen molar-refractivity contribution in [2.24, 2.45) is 12.1 Å². The van der Waals surface area contributed by atoms with Crippen LogP contribution in [-0.2, 0) is 26.7 Å². The first-order valence-electron chi connectivity index (χ1n) is 9.50. The number of hydrazone groups is 1. The van der Waals surface area contributed by atoms with Crippen LogP contribution in [0.1, 0.15) is 42.6 Å². The van der Waals surface area contributed by atoms with Crippen LogP contribution >= 0.6 is 0 Å². The number of carbonyl (C=O) groups excluding carboxylic acids is 2. The molecule has 31 heavy (non-hydrogen) atoms. The van der Waals surface area contributed by atoms with Crippen molar-refractivity contribution in [3.63, 3.8) is 0 Å². The zero-order chi connectivity index (χ0) is 23.4. The second kappa shape index (κ2) is 12.6. The highest BCUT2D eigenvalue weighted by Crippen LogP contribution is 2.08. The SMILES string of the molecule is CCOC(=O)CC/C(C)=N/NC(=O)c1ccc[n+](C)c1.Cc1ccc(S(=O)(=O)[O-])cc1. The Kier molecular flexibility index (Phi) is 10.5. The molecule has 10 heteroatoms. The molecule has 0 fully saturated rings. The van der Waals surface area contributed by atoms with Gasteiger partial charge >= 0.3 is 5.97 Å². The van der Waals surface area contributed by atoms with Crippen molar-refractivity contribution in [3.05, 3.63) is 59.9 Å². The number of rotatable bonds is 7. The average molecular weight is 450 g/mol. The first kappa shape index (κ1) is 25.9. The van der Waals surface area contributed by atoms with E-state index < -0.39 is 10.1 Å². The number of hydrogen-bond acceptors (Lipinski definition) is 7. The molecule has 9 nitrogen and oxygen atoms in total. The normalized spacial score (nSPS) is 11.2. The number of esters is 1. The third-order valence-electron chi connectivity index (χ3n) is 3.86. The Labute approximate surface area is 182 Å². The molecule has 1 amide bonds. The Balaban J connectivity index is 0.000000367. The fourth-order valence-electron chi connectivity index (χ4n) is 2.21. The number of carbonyl (C=O) groups is 2. The number of hydrogen-bond donors (Lipinski definition) is 1. The summed E-state index contributed by atoms with van der Waals surface area (Å²) in [6, 6.07) is 9.27. The first-order valence-corrected chi connectivity index (χ1v) is 10.9. The second-order valence-electron chi connectivity index (χ2n) is 6.62. The van der Waals surface area contributed by atoms with Crippen molar-refractivity contribution < 1.29 is 31.9 Å². The summed E-state index contributed by atoms with van der Waals surface area (Å²) in [5.41, 5.74) is 4.59. The van der Waals surface area contributed by atoms with Crippen molar-refractivity contribution in [1.82, 2.24) is 5.43 Å². The van der Waals surface area contributed by atoms with Crippen molar-refractivity contribution in [3.8, 4) is 0 Å². The Morgan fingerprint density at radius 3 is 2.35 bits per heavy atom.